The molecule has 168 valence electrons. The Morgan fingerprint density at radius 3 is 2.25 bits per heavy atom. The molecule has 0 saturated heterocycles. The third-order valence-electron chi connectivity index (χ3n) is 4.19. The van der Waals surface area contributed by atoms with E-state index in [0.717, 1.165) is 6.07 Å². The summed E-state index contributed by atoms with van der Waals surface area (Å²) in [4.78, 5) is 35.9. The van der Waals surface area contributed by atoms with Gasteiger partial charge in [0.1, 0.15) is 17.1 Å². The molecule has 0 aliphatic rings. The van der Waals surface area contributed by atoms with Gasteiger partial charge in [-0.3, -0.25) is 9.59 Å². The van der Waals surface area contributed by atoms with E-state index in [9.17, 15) is 27.6 Å². The molecule has 0 N–H and O–H groups in total. The van der Waals surface area contributed by atoms with Crippen LogP contribution in [0.4, 0.5) is 13.2 Å². The lowest BCUT2D eigenvalue weighted by molar-refractivity contribution is -0.154. The molecule has 0 atom stereocenters. The van der Waals surface area contributed by atoms with Crippen molar-refractivity contribution >= 4 is 22.9 Å². The first-order valence-electron chi connectivity index (χ1n) is 9.47. The Labute approximate surface area is 179 Å². The smallest absolute Gasteiger partial charge is 0.453 e. The molecule has 3 aromatic rings. The summed E-state index contributed by atoms with van der Waals surface area (Å²) in [6.07, 6.45) is -5.00. The summed E-state index contributed by atoms with van der Waals surface area (Å²) in [7, 11) is 0. The molecule has 2 aromatic carbocycles. The molecule has 0 amide bonds. The van der Waals surface area contributed by atoms with Crippen molar-refractivity contribution in [3.63, 3.8) is 0 Å². The molecule has 0 aliphatic carbocycles. The van der Waals surface area contributed by atoms with Crippen molar-refractivity contribution in [3.8, 4) is 17.2 Å². The second-order valence-corrected chi connectivity index (χ2v) is 6.42. The van der Waals surface area contributed by atoms with E-state index in [0.29, 0.717) is 0 Å². The molecule has 0 aliphatic heterocycles. The van der Waals surface area contributed by atoms with Crippen molar-refractivity contribution in [1.29, 1.82) is 0 Å². The van der Waals surface area contributed by atoms with Crippen LogP contribution in [0.15, 0.2) is 51.7 Å². The molecule has 0 saturated carbocycles. The summed E-state index contributed by atoms with van der Waals surface area (Å²) < 4.78 is 60.8. The van der Waals surface area contributed by atoms with E-state index >= 15 is 0 Å². The molecule has 0 radical (unpaired) electrons. The molecular weight excluding hydrogens is 433 g/mol. The molecule has 10 heteroatoms. The number of alkyl halides is 3. The molecule has 0 fully saturated rings. The van der Waals surface area contributed by atoms with Crippen LogP contribution in [0.2, 0.25) is 0 Å². The largest absolute Gasteiger partial charge is 0.462 e. The molecule has 32 heavy (non-hydrogen) atoms. The fourth-order valence-electron chi connectivity index (χ4n) is 2.69. The van der Waals surface area contributed by atoms with Crippen LogP contribution in [-0.2, 0) is 15.7 Å². The van der Waals surface area contributed by atoms with Crippen molar-refractivity contribution < 1.29 is 41.4 Å². The van der Waals surface area contributed by atoms with Crippen LogP contribution in [0.1, 0.15) is 36.4 Å². The highest BCUT2D eigenvalue weighted by Crippen LogP contribution is 2.38. The van der Waals surface area contributed by atoms with Crippen LogP contribution < -0.4 is 14.9 Å². The van der Waals surface area contributed by atoms with Gasteiger partial charge in [-0.2, -0.15) is 13.2 Å². The molecule has 1 aromatic heterocycles. The van der Waals surface area contributed by atoms with Gasteiger partial charge in [-0.05, 0) is 43.3 Å². The number of esters is 2. The number of ether oxygens (including phenoxy) is 3. The zero-order valence-corrected chi connectivity index (χ0v) is 16.9. The fraction of sp³-hybridized carbons (Fsp3) is 0.227. The lowest BCUT2D eigenvalue weighted by Crippen LogP contribution is -2.15. The minimum Gasteiger partial charge on any atom is -0.462 e. The molecule has 0 unspecified atom stereocenters. The van der Waals surface area contributed by atoms with Gasteiger partial charge in [0.15, 0.2) is 0 Å². The zero-order chi connectivity index (χ0) is 23.5. The highest BCUT2D eigenvalue weighted by atomic mass is 19.4. The van der Waals surface area contributed by atoms with Crippen LogP contribution in [0, 0.1) is 0 Å². The first-order chi connectivity index (χ1) is 15.1. The van der Waals surface area contributed by atoms with Gasteiger partial charge >= 0.3 is 18.1 Å². The second kappa shape index (κ2) is 9.13. The standard InChI is InChI=1S/C22H17F3O7/c1-3-17(26)30-14-9-10-15-16(11-14)32-20(22(23,24)25)19(18(15)27)31-13-7-5-12(6-8-13)21(28)29-4-2/h5-11H,3-4H2,1-2H3. The highest BCUT2D eigenvalue weighted by molar-refractivity contribution is 5.89. The van der Waals surface area contributed by atoms with Crippen LogP contribution in [0.5, 0.6) is 17.2 Å². The quantitative estimate of drug-likeness (QED) is 0.381. The zero-order valence-electron chi connectivity index (χ0n) is 16.9. The second-order valence-electron chi connectivity index (χ2n) is 6.42. The molecular formula is C22H17F3O7. The summed E-state index contributed by atoms with van der Waals surface area (Å²) in [5.41, 5.74) is -1.33. The predicted octanol–water partition coefficient (Wildman–Crippen LogP) is 5.10. The lowest BCUT2D eigenvalue weighted by atomic mass is 10.2. The van der Waals surface area contributed by atoms with Gasteiger partial charge in [0.05, 0.1) is 17.6 Å². The van der Waals surface area contributed by atoms with Gasteiger partial charge in [-0.15, -0.1) is 0 Å². The third-order valence-corrected chi connectivity index (χ3v) is 4.19. The van der Waals surface area contributed by atoms with E-state index in [4.69, 9.17) is 18.6 Å². The number of hydrogen-bond donors (Lipinski definition) is 0. The lowest BCUT2D eigenvalue weighted by Gasteiger charge is -2.14. The highest BCUT2D eigenvalue weighted by Gasteiger charge is 2.40. The Hall–Kier alpha value is -3.82. The maximum Gasteiger partial charge on any atom is 0.453 e. The van der Waals surface area contributed by atoms with Crippen molar-refractivity contribution in [1.82, 2.24) is 0 Å². The molecule has 0 spiro atoms. The number of carbonyl (C=O) groups excluding carboxylic acids is 2. The van der Waals surface area contributed by atoms with Gasteiger partial charge < -0.3 is 18.6 Å². The Kier molecular flexibility index (Phi) is 6.52. The first kappa shape index (κ1) is 22.9. The molecule has 3 rings (SSSR count). The average molecular weight is 450 g/mol. The van der Waals surface area contributed by atoms with Crippen molar-refractivity contribution in [2.75, 3.05) is 6.61 Å². The first-order valence-corrected chi connectivity index (χ1v) is 9.47. The van der Waals surface area contributed by atoms with E-state index in [1.54, 1.807) is 13.8 Å². The molecule has 7 nitrogen and oxygen atoms in total. The minimum atomic E-state index is -5.05. The SMILES string of the molecule is CCOC(=O)c1ccc(Oc2c(C(F)(F)F)oc3cc(OC(=O)CC)ccc3c2=O)cc1. The Morgan fingerprint density at radius 2 is 1.66 bits per heavy atom. The molecule has 1 heterocycles. The maximum atomic E-state index is 13.6. The Balaban J connectivity index is 2.04. The molecule has 0 bridgehead atoms. The maximum absolute atomic E-state index is 13.6. The summed E-state index contributed by atoms with van der Waals surface area (Å²) in [5, 5.41) is -0.201. The van der Waals surface area contributed by atoms with Gasteiger partial charge in [0, 0.05) is 12.5 Å². The summed E-state index contributed by atoms with van der Waals surface area (Å²) in [5.74, 6) is -4.11. The normalized spacial score (nSPS) is 11.3. The number of fused-ring (bicyclic) bond motifs is 1. The van der Waals surface area contributed by atoms with E-state index in [1.807, 2.05) is 0 Å². The van der Waals surface area contributed by atoms with Crippen molar-refractivity contribution in [2.24, 2.45) is 0 Å². The van der Waals surface area contributed by atoms with Gasteiger partial charge in [-0.1, -0.05) is 6.92 Å². The van der Waals surface area contributed by atoms with Crippen LogP contribution in [0.25, 0.3) is 11.0 Å². The Morgan fingerprint density at radius 1 is 1.00 bits per heavy atom. The van der Waals surface area contributed by atoms with Gasteiger partial charge in [0.25, 0.3) is 5.76 Å². The van der Waals surface area contributed by atoms with E-state index in [-0.39, 0.29) is 35.5 Å². The summed E-state index contributed by atoms with van der Waals surface area (Å²) >= 11 is 0. The number of carbonyl (C=O) groups is 2. The van der Waals surface area contributed by atoms with E-state index in [1.165, 1.54) is 36.4 Å². The number of hydrogen-bond acceptors (Lipinski definition) is 7. The number of benzene rings is 2. The summed E-state index contributed by atoms with van der Waals surface area (Å²) in [6, 6.07) is 8.49. The average Bonchev–Trinajstić information content (AvgIpc) is 2.75. The van der Waals surface area contributed by atoms with Crippen LogP contribution in [0.3, 0.4) is 0 Å². The number of halogens is 3. The minimum absolute atomic E-state index is 0.0531. The van der Waals surface area contributed by atoms with E-state index in [2.05, 4.69) is 0 Å². The summed E-state index contributed by atoms with van der Waals surface area (Å²) in [6.45, 7) is 3.33. The topological polar surface area (TPSA) is 92.0 Å². The van der Waals surface area contributed by atoms with Gasteiger partial charge in [-0.25, -0.2) is 4.79 Å². The van der Waals surface area contributed by atoms with Gasteiger partial charge in [0.2, 0.25) is 11.2 Å². The fourth-order valence-corrected chi connectivity index (χ4v) is 2.69. The monoisotopic (exact) mass is 450 g/mol. The number of rotatable bonds is 6. The predicted molar refractivity (Wildman–Crippen MR) is 106 cm³/mol. The van der Waals surface area contributed by atoms with Crippen LogP contribution in [-0.4, -0.2) is 18.5 Å². The Bertz CT molecular complexity index is 1210. The van der Waals surface area contributed by atoms with E-state index < -0.39 is 40.6 Å². The van der Waals surface area contributed by atoms with Crippen molar-refractivity contribution in [2.45, 2.75) is 26.4 Å². The third kappa shape index (κ3) is 4.90. The van der Waals surface area contributed by atoms with Crippen molar-refractivity contribution in [3.05, 3.63) is 64.0 Å². The van der Waals surface area contributed by atoms with Crippen LogP contribution >= 0.6 is 0 Å².